The van der Waals surface area contributed by atoms with E-state index in [0.717, 1.165) is 22.0 Å². The van der Waals surface area contributed by atoms with E-state index in [2.05, 4.69) is 27.1 Å². The fraction of sp³-hybridized carbons (Fsp3) is 0.205. The smallest absolute Gasteiger partial charge is 0.147 e. The summed E-state index contributed by atoms with van der Waals surface area (Å²) in [5.41, 5.74) is 3.19. The molecule has 4 heterocycles. The van der Waals surface area contributed by atoms with Gasteiger partial charge in [0.15, 0.2) is 0 Å². The monoisotopic (exact) mass is 765 g/mol. The van der Waals surface area contributed by atoms with E-state index in [4.69, 9.17) is 19.5 Å². The molecule has 44 heavy (non-hydrogen) atoms. The zero-order valence-electron chi connectivity index (χ0n) is 35.2. The first-order valence-corrected chi connectivity index (χ1v) is 13.7. The zero-order valence-corrected chi connectivity index (χ0v) is 26.6. The minimum Gasteiger partial charge on any atom is -0.498 e. The summed E-state index contributed by atoms with van der Waals surface area (Å²) in [6.07, 6.45) is 1.95. The summed E-state index contributed by atoms with van der Waals surface area (Å²) in [5.74, 6) is 0. The van der Waals surface area contributed by atoms with Crippen LogP contribution in [0, 0.1) is 38.1 Å². The van der Waals surface area contributed by atoms with E-state index in [1.165, 1.54) is 24.7 Å². The average Bonchev–Trinajstić information content (AvgIpc) is 3.50. The maximum atomic E-state index is 8.81. The van der Waals surface area contributed by atoms with Crippen LogP contribution in [0.3, 0.4) is 0 Å². The Kier molecular flexibility index (Phi) is 5.82. The third-order valence-corrected chi connectivity index (χ3v) is 6.67. The van der Waals surface area contributed by atoms with Crippen molar-refractivity contribution < 1.29 is 39.6 Å². The Balaban J connectivity index is 0.000000286. The maximum absolute atomic E-state index is 8.81. The van der Waals surface area contributed by atoms with Gasteiger partial charge in [-0.2, -0.15) is 0 Å². The fourth-order valence-electron chi connectivity index (χ4n) is 4.79. The number of benzene rings is 3. The van der Waals surface area contributed by atoms with E-state index in [1.807, 2.05) is 30.3 Å². The number of rotatable bonds is 3. The zero-order chi connectivity index (χ0) is 39.4. The molecule has 5 heteroatoms. The van der Waals surface area contributed by atoms with E-state index >= 15 is 0 Å². The van der Waals surface area contributed by atoms with Crippen molar-refractivity contribution in [2.75, 3.05) is 0 Å². The van der Waals surface area contributed by atoms with E-state index in [9.17, 15) is 0 Å². The van der Waals surface area contributed by atoms with Crippen molar-refractivity contribution >= 4 is 32.8 Å². The molecule has 7 rings (SSSR count). The van der Waals surface area contributed by atoms with Gasteiger partial charge in [-0.05, 0) is 66.5 Å². The Hall–Kier alpha value is -4.18. The van der Waals surface area contributed by atoms with Gasteiger partial charge >= 0.3 is 0 Å². The van der Waals surface area contributed by atoms with Crippen molar-refractivity contribution in [1.29, 1.82) is 0 Å². The van der Waals surface area contributed by atoms with Crippen molar-refractivity contribution in [2.24, 2.45) is 5.41 Å². The Bertz CT molecular complexity index is 2470. The molecule has 223 valence electrons. The van der Waals surface area contributed by atoms with E-state index in [-0.39, 0.29) is 42.4 Å². The first kappa shape index (κ1) is 20.0. The molecular formula is C39H35IrN3O-2. The molecule has 0 amide bonds. The molecule has 4 aromatic heterocycles. The second-order valence-electron chi connectivity index (χ2n) is 11.1. The van der Waals surface area contributed by atoms with Gasteiger partial charge < -0.3 is 14.4 Å². The number of aryl methyl sites for hydroxylation is 3. The minimum atomic E-state index is -2.55. The van der Waals surface area contributed by atoms with E-state index in [0.29, 0.717) is 33.3 Å². The van der Waals surface area contributed by atoms with Crippen LogP contribution in [-0.2, 0) is 26.5 Å². The molecule has 0 aliphatic heterocycles. The minimum absolute atomic E-state index is 0. The number of nitrogens with zero attached hydrogens (tertiary/aromatic N) is 3. The fourth-order valence-corrected chi connectivity index (χ4v) is 4.79. The molecule has 7 aromatic rings. The van der Waals surface area contributed by atoms with Gasteiger partial charge in [0.2, 0.25) is 0 Å². The molecule has 1 radical (unpaired) electrons. The molecule has 0 N–H and O–H groups in total. The summed E-state index contributed by atoms with van der Waals surface area (Å²) in [4.78, 5) is 12.9. The third-order valence-electron chi connectivity index (χ3n) is 6.67. The summed E-state index contributed by atoms with van der Waals surface area (Å²) in [5, 5.41) is 2.14. The van der Waals surface area contributed by atoms with Crippen molar-refractivity contribution in [3.05, 3.63) is 126 Å². The molecule has 4 nitrogen and oxygen atoms in total. The molecule has 0 spiro atoms. The normalized spacial score (nSPS) is 16.2. The van der Waals surface area contributed by atoms with Gasteiger partial charge in [-0.15, -0.1) is 54.1 Å². The maximum Gasteiger partial charge on any atom is 0.147 e. The van der Waals surface area contributed by atoms with Crippen LogP contribution in [0.5, 0.6) is 0 Å². The van der Waals surface area contributed by atoms with Crippen molar-refractivity contribution in [2.45, 2.75) is 47.7 Å². The van der Waals surface area contributed by atoms with Crippen LogP contribution in [-0.4, -0.2) is 15.0 Å². The van der Waals surface area contributed by atoms with Crippen LogP contribution >= 0.6 is 0 Å². The Morgan fingerprint density at radius 2 is 1.59 bits per heavy atom. The number of furan rings is 1. The number of hydrogen-bond donors (Lipinski definition) is 0. The SMILES string of the molecule is [2H]C([2H])([2H])c1ccc(-c2[c-]cccc2)nc1.[2H]C([2H])([2H])c1cnc2c(ccc3c4cc[c-]c(-c5cc(C([2H])([2H])C(C)(C)C)c(C([2H])([2H])[2H])cn5)c4oc32)c1.[Ir]. The van der Waals surface area contributed by atoms with Crippen LogP contribution in [0.15, 0.2) is 95.8 Å². The van der Waals surface area contributed by atoms with Gasteiger partial charge in [0.25, 0.3) is 0 Å². The molecule has 0 fully saturated rings. The van der Waals surface area contributed by atoms with E-state index < -0.39 is 32.3 Å². The topological polar surface area (TPSA) is 51.8 Å². The van der Waals surface area contributed by atoms with Gasteiger partial charge in [0.1, 0.15) is 11.1 Å². The Labute approximate surface area is 288 Å². The van der Waals surface area contributed by atoms with Crippen molar-refractivity contribution in [3.8, 4) is 22.5 Å². The summed E-state index contributed by atoms with van der Waals surface area (Å²) in [6.45, 7) is -1.76. The number of pyridine rings is 3. The van der Waals surface area contributed by atoms with Crippen LogP contribution in [0.2, 0.25) is 0 Å². The molecule has 0 unspecified atom stereocenters. The first-order chi connectivity index (χ1) is 25.1. The van der Waals surface area contributed by atoms with Gasteiger partial charge in [-0.1, -0.05) is 67.6 Å². The van der Waals surface area contributed by atoms with Gasteiger partial charge in [0, 0.05) is 64.5 Å². The quantitative estimate of drug-likeness (QED) is 0.168. The number of hydrogen-bond acceptors (Lipinski definition) is 4. The molecule has 0 bridgehead atoms. The van der Waals surface area contributed by atoms with Crippen LogP contribution in [0.25, 0.3) is 55.4 Å². The second-order valence-corrected chi connectivity index (χ2v) is 11.1. The number of fused-ring (bicyclic) bond motifs is 5. The predicted octanol–water partition coefficient (Wildman–Crippen LogP) is 10.1. The summed E-state index contributed by atoms with van der Waals surface area (Å²) >= 11 is 0. The number of aromatic nitrogens is 3. The molecule has 0 aliphatic carbocycles. The average molecular weight is 765 g/mol. The molecule has 0 aliphatic rings. The third kappa shape index (κ3) is 6.65. The molecule has 0 saturated carbocycles. The summed E-state index contributed by atoms with van der Waals surface area (Å²) in [6, 6.07) is 27.1. The van der Waals surface area contributed by atoms with Crippen molar-refractivity contribution in [1.82, 2.24) is 15.0 Å². The second kappa shape index (κ2) is 12.8. The molecule has 0 atom stereocenters. The predicted molar refractivity (Wildman–Crippen MR) is 177 cm³/mol. The Morgan fingerprint density at radius 3 is 2.32 bits per heavy atom. The molecule has 0 saturated heterocycles. The summed E-state index contributed by atoms with van der Waals surface area (Å²) in [7, 11) is 0. The first-order valence-electron chi connectivity index (χ1n) is 19.2. The standard InChI is InChI=1S/C27H25N2O.C12H10N.Ir/c1-16-11-18-9-10-21-20-7-6-8-22(25(20)30-26(21)24(18)29-14-16)23-12-19(13-27(3,4)5)17(2)15-28-23;1-10-7-8-12(13-9-10)11-5-3-2-4-6-11;/h6-7,9-12,14-15H,13H2,1-5H3;2-5,7-9H,1H3;/q2*-1;/i1D3,2D3,13D2;1D3;. The van der Waals surface area contributed by atoms with Gasteiger partial charge in [-0.3, -0.25) is 4.98 Å². The summed E-state index contributed by atoms with van der Waals surface area (Å²) < 4.78 is 92.5. The van der Waals surface area contributed by atoms with Crippen molar-refractivity contribution in [3.63, 3.8) is 0 Å². The van der Waals surface area contributed by atoms with Crippen LogP contribution in [0.4, 0.5) is 0 Å². The van der Waals surface area contributed by atoms with E-state index in [1.54, 1.807) is 57.2 Å². The van der Waals surface area contributed by atoms with Gasteiger partial charge in [-0.25, -0.2) is 0 Å². The van der Waals surface area contributed by atoms with Crippen LogP contribution in [0.1, 0.15) is 58.1 Å². The Morgan fingerprint density at radius 1 is 0.773 bits per heavy atom. The molecular weight excluding hydrogens is 719 g/mol. The largest absolute Gasteiger partial charge is 0.498 e. The van der Waals surface area contributed by atoms with Crippen LogP contribution < -0.4 is 0 Å². The van der Waals surface area contributed by atoms with Gasteiger partial charge in [0.05, 0.1) is 5.58 Å². The molecule has 3 aromatic carbocycles.